The molecular weight excluding hydrogens is 430 g/mol. The lowest BCUT2D eigenvalue weighted by atomic mass is 9.79. The highest BCUT2D eigenvalue weighted by molar-refractivity contribution is 6.00. The van der Waals surface area contributed by atoms with Gasteiger partial charge >= 0.3 is 5.97 Å². The number of aromatic hydroxyl groups is 1. The van der Waals surface area contributed by atoms with Crippen LogP contribution >= 0.6 is 0 Å². The lowest BCUT2D eigenvalue weighted by Gasteiger charge is -2.24. The number of halogens is 2. The van der Waals surface area contributed by atoms with E-state index in [4.69, 9.17) is 4.74 Å². The molecule has 7 heteroatoms. The maximum Gasteiger partial charge on any atom is 0.339 e. The van der Waals surface area contributed by atoms with Gasteiger partial charge in [-0.25, -0.2) is 13.6 Å². The minimum Gasteiger partial charge on any atom is -0.507 e. The van der Waals surface area contributed by atoms with E-state index in [1.807, 2.05) is 0 Å². The number of hydrogen-bond donors (Lipinski definition) is 2. The number of carboxylic acid groups (broad SMARTS) is 1. The van der Waals surface area contributed by atoms with E-state index in [0.717, 1.165) is 23.8 Å². The molecule has 1 aliphatic rings. The summed E-state index contributed by atoms with van der Waals surface area (Å²) in [6.45, 7) is 0.169. The lowest BCUT2D eigenvalue weighted by Crippen LogP contribution is -2.24. The highest BCUT2D eigenvalue weighted by Gasteiger charge is 2.28. The second-order valence-corrected chi connectivity index (χ2v) is 8.11. The molecule has 4 rings (SSSR count). The molecule has 0 saturated heterocycles. The van der Waals surface area contributed by atoms with Crippen LogP contribution in [-0.4, -0.2) is 28.6 Å². The van der Waals surface area contributed by atoms with E-state index >= 15 is 0 Å². The number of phenols is 1. The number of hydrogen-bond acceptors (Lipinski definition) is 4. The van der Waals surface area contributed by atoms with Crippen molar-refractivity contribution in [2.75, 3.05) is 6.61 Å². The third kappa shape index (κ3) is 5.03. The summed E-state index contributed by atoms with van der Waals surface area (Å²) in [4.78, 5) is 24.2. The highest BCUT2D eigenvalue weighted by Crippen LogP contribution is 2.31. The minimum absolute atomic E-state index is 0.0189. The van der Waals surface area contributed by atoms with E-state index in [1.165, 1.54) is 12.1 Å². The highest BCUT2D eigenvalue weighted by atomic mass is 19.1. The van der Waals surface area contributed by atoms with Crippen molar-refractivity contribution < 1.29 is 33.3 Å². The Hall–Kier alpha value is -3.74. The van der Waals surface area contributed by atoms with Crippen molar-refractivity contribution in [3.05, 3.63) is 94.0 Å². The number of fused-ring (bicyclic) bond motifs is 1. The molecule has 0 heterocycles. The Balaban J connectivity index is 1.41. The van der Waals surface area contributed by atoms with Crippen LogP contribution in [0.2, 0.25) is 0 Å². The van der Waals surface area contributed by atoms with E-state index in [0.29, 0.717) is 36.1 Å². The summed E-state index contributed by atoms with van der Waals surface area (Å²) in [7, 11) is 0. The summed E-state index contributed by atoms with van der Waals surface area (Å²) >= 11 is 0. The van der Waals surface area contributed by atoms with Gasteiger partial charge in [0.05, 0.1) is 6.61 Å². The van der Waals surface area contributed by atoms with Crippen molar-refractivity contribution in [3.63, 3.8) is 0 Å². The van der Waals surface area contributed by atoms with Gasteiger partial charge in [0.15, 0.2) is 5.78 Å². The van der Waals surface area contributed by atoms with Crippen LogP contribution in [0.3, 0.4) is 0 Å². The van der Waals surface area contributed by atoms with Crippen LogP contribution in [0.1, 0.15) is 43.8 Å². The number of carbonyl (C=O) groups excluding carboxylic acids is 1. The predicted molar refractivity (Wildman–Crippen MR) is 117 cm³/mol. The van der Waals surface area contributed by atoms with Gasteiger partial charge < -0.3 is 14.9 Å². The zero-order chi connectivity index (χ0) is 23.5. The fraction of sp³-hybridized carbons (Fsp3) is 0.231. The second kappa shape index (κ2) is 9.40. The molecule has 5 nitrogen and oxygen atoms in total. The molecule has 0 amide bonds. The van der Waals surface area contributed by atoms with Crippen LogP contribution < -0.4 is 4.74 Å². The third-order valence-corrected chi connectivity index (χ3v) is 5.90. The standard InChI is InChI=1S/C26H22F2O5/c27-19-4-7-23(28)17(13-19)9-10-33-20-5-6-21-16(14-20)2-3-18(25(21)30)11-15-1-8-24(29)22(12-15)26(31)32/h1,4-8,12-14,18,29H,2-3,9-11H2,(H,31,32). The van der Waals surface area contributed by atoms with Crippen molar-refractivity contribution in [3.8, 4) is 11.5 Å². The molecule has 0 fully saturated rings. The molecule has 3 aromatic rings. The number of Topliss-reactive ketones (excluding diaryl/α,β-unsaturated/α-hetero) is 1. The molecule has 33 heavy (non-hydrogen) atoms. The molecule has 170 valence electrons. The van der Waals surface area contributed by atoms with Crippen molar-refractivity contribution in [1.82, 2.24) is 0 Å². The second-order valence-electron chi connectivity index (χ2n) is 8.11. The summed E-state index contributed by atoms with van der Waals surface area (Å²) in [5.74, 6) is -2.25. The average Bonchev–Trinajstić information content (AvgIpc) is 2.79. The molecule has 1 unspecified atom stereocenters. The molecule has 3 aromatic carbocycles. The molecule has 0 bridgehead atoms. The zero-order valence-corrected chi connectivity index (χ0v) is 17.7. The molecule has 0 aromatic heterocycles. The SMILES string of the molecule is O=C(O)c1cc(CC2CCc3cc(OCCc4cc(F)ccc4F)ccc3C2=O)ccc1O. The number of carboxylic acids is 1. The first-order valence-corrected chi connectivity index (χ1v) is 10.6. The topological polar surface area (TPSA) is 83.8 Å². The summed E-state index contributed by atoms with van der Waals surface area (Å²) < 4.78 is 32.7. The average molecular weight is 452 g/mol. The van der Waals surface area contributed by atoms with Gasteiger partial charge in [0.25, 0.3) is 0 Å². The van der Waals surface area contributed by atoms with Crippen LogP contribution in [0.25, 0.3) is 0 Å². The van der Waals surface area contributed by atoms with E-state index in [1.54, 1.807) is 24.3 Å². The van der Waals surface area contributed by atoms with Gasteiger partial charge in [0.2, 0.25) is 0 Å². The Labute approximate surface area is 189 Å². The Morgan fingerprint density at radius 1 is 1.06 bits per heavy atom. The molecule has 1 aliphatic carbocycles. The minimum atomic E-state index is -1.22. The van der Waals surface area contributed by atoms with Gasteiger partial charge in [-0.1, -0.05) is 6.07 Å². The molecule has 2 N–H and O–H groups in total. The summed E-state index contributed by atoms with van der Waals surface area (Å²) in [6, 6.07) is 12.9. The number of aryl methyl sites for hydroxylation is 1. The molecule has 0 radical (unpaired) electrons. The van der Waals surface area contributed by atoms with Gasteiger partial charge in [-0.05, 0) is 84.5 Å². The van der Waals surface area contributed by atoms with Crippen LogP contribution in [0.5, 0.6) is 11.5 Å². The Kier molecular flexibility index (Phi) is 6.40. The fourth-order valence-electron chi connectivity index (χ4n) is 4.16. The van der Waals surface area contributed by atoms with Gasteiger partial charge in [-0.15, -0.1) is 0 Å². The fourth-order valence-corrected chi connectivity index (χ4v) is 4.16. The van der Waals surface area contributed by atoms with Gasteiger partial charge in [0, 0.05) is 17.9 Å². The van der Waals surface area contributed by atoms with Crippen LogP contribution in [-0.2, 0) is 19.3 Å². The summed E-state index contributed by atoms with van der Waals surface area (Å²) in [6.07, 6.45) is 1.86. The van der Waals surface area contributed by atoms with Gasteiger partial charge in [-0.2, -0.15) is 0 Å². The number of aromatic carboxylic acids is 1. The largest absolute Gasteiger partial charge is 0.507 e. The normalized spacial score (nSPS) is 15.2. The van der Waals surface area contributed by atoms with Crippen LogP contribution in [0, 0.1) is 17.6 Å². The van der Waals surface area contributed by atoms with Gasteiger partial charge in [-0.3, -0.25) is 4.79 Å². The van der Waals surface area contributed by atoms with Crippen molar-refractivity contribution in [2.45, 2.75) is 25.7 Å². The lowest BCUT2D eigenvalue weighted by molar-refractivity contribution is 0.0693. The summed E-state index contributed by atoms with van der Waals surface area (Å²) in [5.41, 5.74) is 2.20. The van der Waals surface area contributed by atoms with E-state index in [9.17, 15) is 28.6 Å². The van der Waals surface area contributed by atoms with E-state index in [2.05, 4.69) is 0 Å². The van der Waals surface area contributed by atoms with Crippen molar-refractivity contribution in [1.29, 1.82) is 0 Å². The molecule has 0 spiro atoms. The zero-order valence-electron chi connectivity index (χ0n) is 17.7. The van der Waals surface area contributed by atoms with Crippen molar-refractivity contribution in [2.24, 2.45) is 5.92 Å². The van der Waals surface area contributed by atoms with Crippen LogP contribution in [0.15, 0.2) is 54.6 Å². The molecular formula is C26H22F2O5. The van der Waals surface area contributed by atoms with E-state index < -0.39 is 17.6 Å². The first-order chi connectivity index (χ1) is 15.8. The first kappa shape index (κ1) is 22.5. The Morgan fingerprint density at radius 2 is 1.88 bits per heavy atom. The number of ketones is 1. The monoisotopic (exact) mass is 452 g/mol. The number of ether oxygens (including phenoxy) is 1. The van der Waals surface area contributed by atoms with Crippen LogP contribution in [0.4, 0.5) is 8.78 Å². The first-order valence-electron chi connectivity index (χ1n) is 10.6. The molecule has 1 atom stereocenters. The van der Waals surface area contributed by atoms with E-state index in [-0.39, 0.29) is 41.6 Å². The quantitative estimate of drug-likeness (QED) is 0.528. The summed E-state index contributed by atoms with van der Waals surface area (Å²) in [5, 5.41) is 18.9. The Morgan fingerprint density at radius 3 is 2.67 bits per heavy atom. The maximum atomic E-state index is 13.7. The number of rotatable bonds is 7. The Bertz CT molecular complexity index is 1220. The maximum absolute atomic E-state index is 13.7. The number of carbonyl (C=O) groups is 2. The predicted octanol–water partition coefficient (Wildman–Crippen LogP) is 4.98. The number of benzene rings is 3. The smallest absolute Gasteiger partial charge is 0.339 e. The third-order valence-electron chi connectivity index (χ3n) is 5.90. The van der Waals surface area contributed by atoms with Crippen molar-refractivity contribution >= 4 is 11.8 Å². The molecule has 0 saturated carbocycles. The van der Waals surface area contributed by atoms with Gasteiger partial charge in [0.1, 0.15) is 28.7 Å². The molecule has 0 aliphatic heterocycles.